The van der Waals surface area contributed by atoms with Crippen molar-refractivity contribution in [3.63, 3.8) is 0 Å². The van der Waals surface area contributed by atoms with Gasteiger partial charge in [0.2, 0.25) is 0 Å². The Morgan fingerprint density at radius 1 is 1.07 bits per heavy atom. The molecule has 0 atom stereocenters. The molecular weight excluding hydrogens is 529 g/mol. The minimum absolute atomic E-state index is 0. The molecule has 4 nitrogen and oxygen atoms in total. The van der Waals surface area contributed by atoms with E-state index in [2.05, 4.69) is 63.7 Å². The number of benzene rings is 2. The van der Waals surface area contributed by atoms with Gasteiger partial charge in [-0.3, -0.25) is 4.99 Å². The molecule has 2 aromatic rings. The van der Waals surface area contributed by atoms with Crippen LogP contribution in [0.15, 0.2) is 51.9 Å². The van der Waals surface area contributed by atoms with Crippen LogP contribution in [0.1, 0.15) is 36.0 Å². The lowest BCUT2D eigenvalue weighted by Crippen LogP contribution is -2.38. The van der Waals surface area contributed by atoms with Gasteiger partial charge in [0.15, 0.2) is 5.96 Å². The molecule has 6 heteroatoms. The summed E-state index contributed by atoms with van der Waals surface area (Å²) in [4.78, 5) is 4.72. The molecule has 0 radical (unpaired) electrons. The van der Waals surface area contributed by atoms with E-state index in [0.717, 1.165) is 42.6 Å². The molecule has 2 aliphatic rings. The van der Waals surface area contributed by atoms with E-state index in [1.165, 1.54) is 29.5 Å². The first-order chi connectivity index (χ1) is 13.1. The van der Waals surface area contributed by atoms with Crippen LogP contribution in [0.3, 0.4) is 0 Å². The molecule has 0 amide bonds. The maximum Gasteiger partial charge on any atom is 0.193 e. The number of guanidine groups is 1. The summed E-state index contributed by atoms with van der Waals surface area (Å²) in [5.74, 6) is 0.482. The highest BCUT2D eigenvalue weighted by molar-refractivity contribution is 14.0. The van der Waals surface area contributed by atoms with Gasteiger partial charge >= 0.3 is 0 Å². The quantitative estimate of drug-likeness (QED) is 0.316. The van der Waals surface area contributed by atoms with Gasteiger partial charge in [-0.05, 0) is 73.1 Å². The number of hydrogen-bond acceptors (Lipinski definition) is 2. The van der Waals surface area contributed by atoms with Crippen LogP contribution in [0.2, 0.25) is 0 Å². The average molecular weight is 556 g/mol. The first kappa shape index (κ1) is 21.6. The predicted molar refractivity (Wildman–Crippen MR) is 130 cm³/mol. The number of rotatable bonds is 4. The van der Waals surface area contributed by atoms with Crippen LogP contribution in [-0.4, -0.2) is 25.7 Å². The van der Waals surface area contributed by atoms with Gasteiger partial charge in [0.25, 0.3) is 0 Å². The molecule has 1 saturated heterocycles. The number of ether oxygens (including phenoxy) is 1. The SMILES string of the molecule is I.NC(=NCC1(c2ccc(Br)cc2)CCOCC1)Nc1ccc2c(c1)CCC2. The van der Waals surface area contributed by atoms with Gasteiger partial charge in [0.05, 0.1) is 6.54 Å². The molecule has 3 N–H and O–H groups in total. The minimum Gasteiger partial charge on any atom is -0.381 e. The zero-order chi connectivity index (χ0) is 18.7. The maximum atomic E-state index is 6.23. The third-order valence-corrected chi connectivity index (χ3v) is 6.36. The second-order valence-corrected chi connectivity index (χ2v) is 8.48. The van der Waals surface area contributed by atoms with Crippen LogP contribution < -0.4 is 11.1 Å². The van der Waals surface area contributed by atoms with Crippen molar-refractivity contribution in [3.8, 4) is 0 Å². The number of aliphatic imine (C=N–C) groups is 1. The fraction of sp³-hybridized carbons (Fsp3) is 0.409. The Morgan fingerprint density at radius 2 is 1.79 bits per heavy atom. The molecule has 4 rings (SSSR count). The molecule has 1 heterocycles. The summed E-state index contributed by atoms with van der Waals surface area (Å²) in [6.07, 6.45) is 5.53. The standard InChI is InChI=1S/C22H26BrN3O.HI/c23-19-7-5-18(6-8-19)22(10-12-27-13-11-22)15-25-21(24)26-20-9-4-16-2-1-3-17(16)14-20;/h4-9,14H,1-3,10-13,15H2,(H3,24,25,26);1H. The van der Waals surface area contributed by atoms with E-state index in [0.29, 0.717) is 12.5 Å². The maximum absolute atomic E-state index is 6.23. The van der Waals surface area contributed by atoms with Crippen LogP contribution in [0.25, 0.3) is 0 Å². The molecule has 150 valence electrons. The van der Waals surface area contributed by atoms with Crippen LogP contribution in [0, 0.1) is 0 Å². The first-order valence-electron chi connectivity index (χ1n) is 9.67. The molecule has 0 spiro atoms. The number of halogens is 2. The Hall–Kier alpha value is -1.12. The summed E-state index contributed by atoms with van der Waals surface area (Å²) in [5.41, 5.74) is 11.5. The van der Waals surface area contributed by atoms with E-state index in [1.807, 2.05) is 0 Å². The van der Waals surface area contributed by atoms with E-state index in [-0.39, 0.29) is 29.4 Å². The summed E-state index contributed by atoms with van der Waals surface area (Å²) in [5, 5.41) is 3.28. The number of hydrogen-bond donors (Lipinski definition) is 2. The Bertz CT molecular complexity index is 832. The number of nitrogens with two attached hydrogens (primary N) is 1. The van der Waals surface area contributed by atoms with Gasteiger partial charge in [-0.15, -0.1) is 24.0 Å². The monoisotopic (exact) mass is 555 g/mol. The first-order valence-corrected chi connectivity index (χ1v) is 10.5. The molecule has 28 heavy (non-hydrogen) atoms. The van der Waals surface area contributed by atoms with Crippen molar-refractivity contribution in [2.45, 2.75) is 37.5 Å². The summed E-state index contributed by atoms with van der Waals surface area (Å²) in [7, 11) is 0. The molecule has 0 bridgehead atoms. The molecule has 0 aromatic heterocycles. The Kier molecular flexibility index (Phi) is 7.39. The fourth-order valence-electron chi connectivity index (χ4n) is 4.18. The fourth-order valence-corrected chi connectivity index (χ4v) is 4.44. The van der Waals surface area contributed by atoms with Crippen molar-refractivity contribution in [3.05, 3.63) is 63.6 Å². The molecule has 0 unspecified atom stereocenters. The lowest BCUT2D eigenvalue weighted by Gasteiger charge is -2.36. The van der Waals surface area contributed by atoms with Crippen LogP contribution >= 0.6 is 39.9 Å². The zero-order valence-electron chi connectivity index (χ0n) is 15.9. The van der Waals surface area contributed by atoms with Crippen molar-refractivity contribution in [2.24, 2.45) is 10.7 Å². The van der Waals surface area contributed by atoms with E-state index in [1.54, 1.807) is 0 Å². The van der Waals surface area contributed by atoms with Crippen molar-refractivity contribution in [1.29, 1.82) is 0 Å². The predicted octanol–water partition coefficient (Wildman–Crippen LogP) is 5.03. The summed E-state index contributed by atoms with van der Waals surface area (Å²) in [6, 6.07) is 15.1. The lowest BCUT2D eigenvalue weighted by atomic mass is 9.74. The van der Waals surface area contributed by atoms with Crippen LogP contribution in [-0.2, 0) is 23.0 Å². The van der Waals surface area contributed by atoms with Gasteiger partial charge in [-0.1, -0.05) is 34.1 Å². The number of nitrogens with zero attached hydrogens (tertiary/aromatic N) is 1. The normalized spacial score (nSPS) is 18.2. The van der Waals surface area contributed by atoms with Crippen molar-refractivity contribution in [2.75, 3.05) is 25.1 Å². The number of aryl methyl sites for hydroxylation is 2. The van der Waals surface area contributed by atoms with E-state index in [9.17, 15) is 0 Å². The lowest BCUT2D eigenvalue weighted by molar-refractivity contribution is 0.0531. The smallest absolute Gasteiger partial charge is 0.193 e. The van der Waals surface area contributed by atoms with Gasteiger partial charge in [0.1, 0.15) is 0 Å². The highest BCUT2D eigenvalue weighted by atomic mass is 127. The van der Waals surface area contributed by atoms with Gasteiger partial charge in [0, 0.05) is 28.8 Å². The second kappa shape index (κ2) is 9.59. The number of fused-ring (bicyclic) bond motifs is 1. The highest BCUT2D eigenvalue weighted by Crippen LogP contribution is 2.36. The van der Waals surface area contributed by atoms with Gasteiger partial charge in [-0.25, -0.2) is 0 Å². The second-order valence-electron chi connectivity index (χ2n) is 7.56. The topological polar surface area (TPSA) is 59.6 Å². The Balaban J connectivity index is 0.00000225. The van der Waals surface area contributed by atoms with Crippen molar-refractivity contribution >= 4 is 51.6 Å². The molecular formula is C22H27BrIN3O. The van der Waals surface area contributed by atoms with Gasteiger partial charge < -0.3 is 15.8 Å². The number of anilines is 1. The van der Waals surface area contributed by atoms with E-state index >= 15 is 0 Å². The van der Waals surface area contributed by atoms with Crippen molar-refractivity contribution < 1.29 is 4.74 Å². The Morgan fingerprint density at radius 3 is 2.54 bits per heavy atom. The molecule has 1 fully saturated rings. The average Bonchev–Trinajstić information content (AvgIpc) is 3.15. The highest BCUT2D eigenvalue weighted by Gasteiger charge is 2.34. The molecule has 2 aromatic carbocycles. The van der Waals surface area contributed by atoms with E-state index < -0.39 is 0 Å². The van der Waals surface area contributed by atoms with E-state index in [4.69, 9.17) is 15.5 Å². The molecule has 1 aliphatic carbocycles. The van der Waals surface area contributed by atoms with Crippen LogP contribution in [0.5, 0.6) is 0 Å². The zero-order valence-corrected chi connectivity index (χ0v) is 19.8. The largest absolute Gasteiger partial charge is 0.381 e. The summed E-state index contributed by atoms with van der Waals surface area (Å²) < 4.78 is 6.70. The molecule has 0 saturated carbocycles. The molecule has 1 aliphatic heterocycles. The van der Waals surface area contributed by atoms with Crippen molar-refractivity contribution in [1.82, 2.24) is 0 Å². The van der Waals surface area contributed by atoms with Gasteiger partial charge in [-0.2, -0.15) is 0 Å². The third kappa shape index (κ3) is 4.89. The summed E-state index contributed by atoms with van der Waals surface area (Å²) in [6.45, 7) is 2.20. The number of nitrogens with one attached hydrogen (secondary N) is 1. The summed E-state index contributed by atoms with van der Waals surface area (Å²) >= 11 is 3.53. The minimum atomic E-state index is -0.0107. The van der Waals surface area contributed by atoms with Crippen LogP contribution in [0.4, 0.5) is 5.69 Å². The third-order valence-electron chi connectivity index (χ3n) is 5.83. The Labute approximate surface area is 192 Å².